The van der Waals surface area contributed by atoms with Crippen LogP contribution in [-0.2, 0) is 4.79 Å². The summed E-state index contributed by atoms with van der Waals surface area (Å²) in [6.07, 6.45) is 1.34. The van der Waals surface area contributed by atoms with Crippen molar-refractivity contribution >= 4 is 44.0 Å². The van der Waals surface area contributed by atoms with Gasteiger partial charge in [0.25, 0.3) is 5.91 Å². The third-order valence-electron chi connectivity index (χ3n) is 2.96. The van der Waals surface area contributed by atoms with E-state index in [2.05, 4.69) is 42.4 Å². The molecule has 2 aromatic rings. The van der Waals surface area contributed by atoms with E-state index < -0.39 is 5.91 Å². The number of carbonyl (C=O) groups is 1. The lowest BCUT2D eigenvalue weighted by Gasteiger charge is -2.10. The number of hydrogen-bond donors (Lipinski definition) is 2. The van der Waals surface area contributed by atoms with E-state index in [1.165, 1.54) is 6.21 Å². The van der Waals surface area contributed by atoms with Crippen LogP contribution in [0.3, 0.4) is 0 Å². The van der Waals surface area contributed by atoms with Crippen LogP contribution in [0.5, 0.6) is 17.2 Å². The van der Waals surface area contributed by atoms with Crippen LogP contribution in [0, 0.1) is 0 Å². The van der Waals surface area contributed by atoms with Gasteiger partial charge in [0.1, 0.15) is 5.75 Å². The molecule has 0 radical (unpaired) electrons. The summed E-state index contributed by atoms with van der Waals surface area (Å²) >= 11 is 6.54. The average molecular weight is 472 g/mol. The lowest BCUT2D eigenvalue weighted by molar-refractivity contribution is -0.123. The Labute approximate surface area is 162 Å². The standard InChI is InChI=1S/C17H16Br2N2O4/c1-2-24-14-5-3-4-6-15(14)25-10-16(22)21-20-9-11-7-12(18)8-13(19)17(11)23/h3-9,23H,2,10H2,1H3,(H,21,22). The Bertz CT molecular complexity index is 781. The normalized spacial score (nSPS) is 10.7. The Morgan fingerprint density at radius 3 is 2.60 bits per heavy atom. The Morgan fingerprint density at radius 2 is 1.92 bits per heavy atom. The summed E-state index contributed by atoms with van der Waals surface area (Å²) in [6, 6.07) is 10.5. The number of hydrazone groups is 1. The van der Waals surface area contributed by atoms with Gasteiger partial charge in [-0.15, -0.1) is 0 Å². The zero-order valence-corrected chi connectivity index (χ0v) is 16.5. The van der Waals surface area contributed by atoms with Crippen LogP contribution in [-0.4, -0.2) is 30.4 Å². The molecule has 132 valence electrons. The van der Waals surface area contributed by atoms with Gasteiger partial charge in [0, 0.05) is 10.0 Å². The first-order chi connectivity index (χ1) is 12.0. The van der Waals surface area contributed by atoms with Crippen molar-refractivity contribution in [3.8, 4) is 17.2 Å². The summed E-state index contributed by atoms with van der Waals surface area (Å²) in [5.74, 6) is 0.654. The number of benzene rings is 2. The van der Waals surface area contributed by atoms with Crippen LogP contribution < -0.4 is 14.9 Å². The highest BCUT2D eigenvalue weighted by molar-refractivity contribution is 9.11. The fourth-order valence-corrected chi connectivity index (χ4v) is 3.14. The van der Waals surface area contributed by atoms with Crippen molar-refractivity contribution in [1.82, 2.24) is 5.43 Å². The lowest BCUT2D eigenvalue weighted by atomic mass is 10.2. The number of carbonyl (C=O) groups excluding carboxylic acids is 1. The fourth-order valence-electron chi connectivity index (χ4n) is 1.88. The lowest BCUT2D eigenvalue weighted by Crippen LogP contribution is -2.24. The zero-order chi connectivity index (χ0) is 18.2. The van der Waals surface area contributed by atoms with Gasteiger partial charge in [0.05, 0.1) is 17.3 Å². The average Bonchev–Trinajstić information content (AvgIpc) is 2.58. The molecule has 0 bridgehead atoms. The van der Waals surface area contributed by atoms with Crippen LogP contribution in [0.25, 0.3) is 0 Å². The molecule has 2 N–H and O–H groups in total. The summed E-state index contributed by atoms with van der Waals surface area (Å²) in [5.41, 5.74) is 2.79. The number of rotatable bonds is 7. The molecule has 0 aromatic heterocycles. The molecule has 0 saturated heterocycles. The minimum Gasteiger partial charge on any atom is -0.506 e. The number of amides is 1. The van der Waals surface area contributed by atoms with Gasteiger partial charge in [-0.3, -0.25) is 4.79 Å². The van der Waals surface area contributed by atoms with Crippen LogP contribution >= 0.6 is 31.9 Å². The summed E-state index contributed by atoms with van der Waals surface area (Å²) in [5, 5.41) is 13.7. The molecule has 25 heavy (non-hydrogen) atoms. The van der Waals surface area contributed by atoms with Crippen molar-refractivity contribution in [1.29, 1.82) is 0 Å². The van der Waals surface area contributed by atoms with E-state index in [9.17, 15) is 9.90 Å². The second kappa shape index (κ2) is 9.43. The molecular formula is C17H16Br2N2O4. The van der Waals surface area contributed by atoms with E-state index in [1.54, 1.807) is 30.3 Å². The number of para-hydroxylation sites is 2. The SMILES string of the molecule is CCOc1ccccc1OCC(=O)NN=Cc1cc(Br)cc(Br)c1O. The summed E-state index contributed by atoms with van der Waals surface area (Å²) in [7, 11) is 0. The van der Waals surface area contributed by atoms with Gasteiger partial charge in [-0.2, -0.15) is 5.10 Å². The summed E-state index contributed by atoms with van der Waals surface area (Å²) in [4.78, 5) is 11.8. The Kier molecular flexibility index (Phi) is 7.27. The van der Waals surface area contributed by atoms with E-state index in [4.69, 9.17) is 9.47 Å². The van der Waals surface area contributed by atoms with Crippen LogP contribution in [0.1, 0.15) is 12.5 Å². The number of ether oxygens (including phenoxy) is 2. The number of nitrogens with zero attached hydrogens (tertiary/aromatic N) is 1. The van der Waals surface area contributed by atoms with Crippen molar-refractivity contribution in [2.75, 3.05) is 13.2 Å². The molecule has 0 saturated carbocycles. The molecule has 0 heterocycles. The highest BCUT2D eigenvalue weighted by Gasteiger charge is 2.08. The van der Waals surface area contributed by atoms with Crippen LogP contribution in [0.4, 0.5) is 0 Å². The molecule has 2 aromatic carbocycles. The fraction of sp³-hybridized carbons (Fsp3) is 0.176. The number of phenolic OH excluding ortho intramolecular Hbond substituents is 1. The molecule has 1 amide bonds. The first-order valence-electron chi connectivity index (χ1n) is 7.35. The van der Waals surface area contributed by atoms with Gasteiger partial charge in [-0.25, -0.2) is 5.43 Å². The van der Waals surface area contributed by atoms with Gasteiger partial charge in [0.15, 0.2) is 18.1 Å². The second-order valence-electron chi connectivity index (χ2n) is 4.79. The molecule has 6 nitrogen and oxygen atoms in total. The van der Waals surface area contributed by atoms with Crippen molar-refractivity contribution in [3.63, 3.8) is 0 Å². The maximum absolute atomic E-state index is 11.8. The smallest absolute Gasteiger partial charge is 0.277 e. The summed E-state index contributed by atoms with van der Waals surface area (Å²) in [6.45, 7) is 2.16. The molecule has 0 aliphatic rings. The molecular weight excluding hydrogens is 456 g/mol. The van der Waals surface area contributed by atoms with Gasteiger partial charge in [0.2, 0.25) is 0 Å². The number of nitrogens with one attached hydrogen (secondary N) is 1. The van der Waals surface area contributed by atoms with Gasteiger partial charge < -0.3 is 14.6 Å². The molecule has 0 fully saturated rings. The summed E-state index contributed by atoms with van der Waals surface area (Å²) < 4.78 is 12.1. The van der Waals surface area contributed by atoms with Gasteiger partial charge in [-0.1, -0.05) is 28.1 Å². The Morgan fingerprint density at radius 1 is 1.24 bits per heavy atom. The van der Waals surface area contributed by atoms with E-state index in [0.29, 0.717) is 28.1 Å². The number of hydrogen-bond acceptors (Lipinski definition) is 5. The van der Waals surface area contributed by atoms with Crippen LogP contribution in [0.2, 0.25) is 0 Å². The molecule has 0 unspecified atom stereocenters. The monoisotopic (exact) mass is 470 g/mol. The molecule has 2 rings (SSSR count). The predicted octanol–water partition coefficient (Wildman–Crippen LogP) is 3.85. The molecule has 0 aliphatic carbocycles. The van der Waals surface area contributed by atoms with E-state index in [-0.39, 0.29) is 12.4 Å². The first-order valence-corrected chi connectivity index (χ1v) is 8.94. The van der Waals surface area contributed by atoms with Crippen molar-refractivity contribution in [2.45, 2.75) is 6.92 Å². The highest BCUT2D eigenvalue weighted by Crippen LogP contribution is 2.30. The molecule has 0 spiro atoms. The third-order valence-corrected chi connectivity index (χ3v) is 4.02. The minimum absolute atomic E-state index is 0.0306. The highest BCUT2D eigenvalue weighted by atomic mass is 79.9. The van der Waals surface area contributed by atoms with E-state index in [0.717, 1.165) is 4.47 Å². The van der Waals surface area contributed by atoms with Crippen molar-refractivity contribution < 1.29 is 19.4 Å². The quantitative estimate of drug-likeness (QED) is 0.474. The maximum atomic E-state index is 11.8. The zero-order valence-electron chi connectivity index (χ0n) is 13.3. The van der Waals surface area contributed by atoms with Crippen molar-refractivity contribution in [2.24, 2.45) is 5.10 Å². The second-order valence-corrected chi connectivity index (χ2v) is 6.56. The Hall–Kier alpha value is -2.06. The Balaban J connectivity index is 1.91. The van der Waals surface area contributed by atoms with Gasteiger partial charge >= 0.3 is 0 Å². The number of halogens is 2. The third kappa shape index (κ3) is 5.75. The van der Waals surface area contributed by atoms with Crippen LogP contribution in [0.15, 0.2) is 50.4 Å². The molecule has 0 aliphatic heterocycles. The molecule has 0 atom stereocenters. The topological polar surface area (TPSA) is 80.2 Å². The maximum Gasteiger partial charge on any atom is 0.277 e. The minimum atomic E-state index is -0.434. The van der Waals surface area contributed by atoms with Gasteiger partial charge in [-0.05, 0) is 47.1 Å². The van der Waals surface area contributed by atoms with E-state index >= 15 is 0 Å². The van der Waals surface area contributed by atoms with Crippen molar-refractivity contribution in [3.05, 3.63) is 50.9 Å². The number of aromatic hydroxyl groups is 1. The predicted molar refractivity (Wildman–Crippen MR) is 102 cm³/mol. The van der Waals surface area contributed by atoms with E-state index in [1.807, 2.05) is 13.0 Å². The number of phenols is 1. The molecule has 8 heteroatoms. The first kappa shape index (κ1) is 19.3. The largest absolute Gasteiger partial charge is 0.506 e.